The van der Waals surface area contributed by atoms with Crippen molar-refractivity contribution < 1.29 is 36.2 Å². The Morgan fingerprint density at radius 1 is 1.22 bits per heavy atom. The number of anilines is 1. The molecule has 2 atom stereocenters. The molecule has 37 heavy (non-hydrogen) atoms. The van der Waals surface area contributed by atoms with E-state index in [9.17, 15) is 26.7 Å². The Hall–Kier alpha value is -1.83. The van der Waals surface area contributed by atoms with Gasteiger partial charge >= 0.3 is 6.18 Å². The fourth-order valence-corrected chi connectivity index (χ4v) is 6.61. The molecule has 1 aromatic carbocycles. The van der Waals surface area contributed by atoms with Gasteiger partial charge in [0.15, 0.2) is 5.60 Å². The van der Waals surface area contributed by atoms with Crippen LogP contribution in [-0.2, 0) is 25.1 Å². The van der Waals surface area contributed by atoms with Gasteiger partial charge in [0.1, 0.15) is 0 Å². The minimum atomic E-state index is -4.82. The first-order chi connectivity index (χ1) is 17.2. The first-order valence-corrected chi connectivity index (χ1v) is 13.8. The standard InChI is InChI=1S/C25H31F3N2O5S2/c1-23(16-35-17-23)15-34-14-20-13-29(37(32,33)22-6-4-3-5-21(22)36)11-12-30(20)19-9-7-18(8-10-19)24(2,31)25(26,27)28/h3-4,6-10,20,31H,5,11-17H2,1-2H3/t20-,24+/m1/s1. The Morgan fingerprint density at radius 3 is 2.46 bits per heavy atom. The van der Waals surface area contributed by atoms with Gasteiger partial charge in [0.2, 0.25) is 10.0 Å². The largest absolute Gasteiger partial charge is 0.421 e. The monoisotopic (exact) mass is 560 g/mol. The third kappa shape index (κ3) is 5.79. The molecule has 12 heteroatoms. The highest BCUT2D eigenvalue weighted by molar-refractivity contribution is 7.96. The van der Waals surface area contributed by atoms with E-state index in [0.717, 1.165) is 0 Å². The molecule has 0 saturated carbocycles. The minimum absolute atomic E-state index is 0.0957. The highest BCUT2D eigenvalue weighted by Crippen LogP contribution is 2.39. The molecule has 2 heterocycles. The van der Waals surface area contributed by atoms with Crippen molar-refractivity contribution in [1.82, 2.24) is 4.31 Å². The van der Waals surface area contributed by atoms with E-state index in [0.29, 0.717) is 50.3 Å². The maximum atomic E-state index is 13.4. The van der Waals surface area contributed by atoms with Gasteiger partial charge in [-0.05, 0) is 30.7 Å². The molecule has 0 spiro atoms. The van der Waals surface area contributed by atoms with Gasteiger partial charge in [-0.3, -0.25) is 0 Å². The van der Waals surface area contributed by atoms with E-state index < -0.39 is 27.8 Å². The van der Waals surface area contributed by atoms with Crippen LogP contribution in [0.1, 0.15) is 25.8 Å². The van der Waals surface area contributed by atoms with Gasteiger partial charge in [0.05, 0.1) is 37.4 Å². The van der Waals surface area contributed by atoms with Gasteiger partial charge in [-0.25, -0.2) is 8.42 Å². The zero-order valence-corrected chi connectivity index (χ0v) is 22.3. The number of ether oxygens (including phenoxy) is 2. The number of aliphatic hydroxyl groups is 1. The van der Waals surface area contributed by atoms with Gasteiger partial charge in [0, 0.05) is 42.0 Å². The number of nitrogens with zero attached hydrogens (tertiary/aromatic N) is 2. The van der Waals surface area contributed by atoms with Crippen LogP contribution in [0.25, 0.3) is 0 Å². The smallest absolute Gasteiger partial charge is 0.380 e. The summed E-state index contributed by atoms with van der Waals surface area (Å²) in [5, 5.41) is 10.0. The zero-order valence-electron chi connectivity index (χ0n) is 20.7. The molecule has 0 bridgehead atoms. The van der Waals surface area contributed by atoms with Crippen LogP contribution in [0.3, 0.4) is 0 Å². The van der Waals surface area contributed by atoms with Crippen molar-refractivity contribution in [1.29, 1.82) is 0 Å². The normalized spacial score (nSPS) is 24.4. The van der Waals surface area contributed by atoms with Crippen molar-refractivity contribution >= 4 is 32.8 Å². The van der Waals surface area contributed by atoms with Gasteiger partial charge < -0.3 is 19.5 Å². The molecule has 4 rings (SSSR count). The van der Waals surface area contributed by atoms with Crippen molar-refractivity contribution in [3.8, 4) is 0 Å². The highest BCUT2D eigenvalue weighted by atomic mass is 32.2. The fraction of sp³-hybridized carbons (Fsp3) is 0.560. The Kier molecular flexibility index (Phi) is 7.91. The molecule has 0 aromatic heterocycles. The number of hydrogen-bond donors (Lipinski definition) is 1. The van der Waals surface area contributed by atoms with Gasteiger partial charge in [-0.2, -0.15) is 17.5 Å². The number of thiocarbonyl (C=S) groups is 1. The molecular formula is C25H31F3N2O5S2. The summed E-state index contributed by atoms with van der Waals surface area (Å²) >= 11 is 5.30. The molecule has 1 aliphatic carbocycles. The highest BCUT2D eigenvalue weighted by Gasteiger charge is 2.51. The van der Waals surface area contributed by atoms with E-state index in [1.54, 1.807) is 12.2 Å². The van der Waals surface area contributed by atoms with Crippen LogP contribution in [0.4, 0.5) is 18.9 Å². The van der Waals surface area contributed by atoms with E-state index in [4.69, 9.17) is 21.7 Å². The van der Waals surface area contributed by atoms with Crippen molar-refractivity contribution in [2.24, 2.45) is 5.41 Å². The predicted molar refractivity (Wildman–Crippen MR) is 138 cm³/mol. The number of rotatable bonds is 8. The summed E-state index contributed by atoms with van der Waals surface area (Å²) in [4.78, 5) is 2.42. The van der Waals surface area contributed by atoms with E-state index >= 15 is 0 Å². The molecule has 1 N–H and O–H groups in total. The van der Waals surface area contributed by atoms with E-state index in [2.05, 4.69) is 0 Å². The lowest BCUT2D eigenvalue weighted by atomic mass is 9.90. The Bertz CT molecular complexity index is 1180. The first-order valence-electron chi connectivity index (χ1n) is 12.0. The first kappa shape index (κ1) is 28.2. The molecule has 2 aliphatic heterocycles. The number of halogens is 3. The SMILES string of the molecule is CC1(COC[C@H]2CN(S(=O)(=O)C3=CC=CCC3=S)CCN2c2ccc([C@](C)(O)C(F)(F)F)cc2)COC1. The number of alkyl halides is 3. The summed E-state index contributed by atoms with van der Waals surface area (Å²) in [6, 6.07) is 5.12. The molecule has 0 unspecified atom stereocenters. The van der Waals surface area contributed by atoms with Crippen molar-refractivity contribution in [3.05, 3.63) is 53.0 Å². The van der Waals surface area contributed by atoms with Gasteiger partial charge in [-0.1, -0.05) is 43.4 Å². The number of hydrogen-bond acceptors (Lipinski definition) is 7. The van der Waals surface area contributed by atoms with Gasteiger partial charge in [-0.15, -0.1) is 0 Å². The van der Waals surface area contributed by atoms with Crippen molar-refractivity contribution in [3.63, 3.8) is 0 Å². The minimum Gasteiger partial charge on any atom is -0.380 e. The zero-order chi connectivity index (χ0) is 27.1. The molecule has 3 aliphatic rings. The second-order valence-corrected chi connectivity index (χ2v) is 12.6. The van der Waals surface area contributed by atoms with E-state index in [1.807, 2.05) is 11.8 Å². The van der Waals surface area contributed by atoms with Crippen LogP contribution in [-0.4, -0.2) is 81.0 Å². The van der Waals surface area contributed by atoms with E-state index in [-0.39, 0.29) is 35.6 Å². The molecule has 1 aromatic rings. The Morgan fingerprint density at radius 2 is 1.89 bits per heavy atom. The summed E-state index contributed by atoms with van der Waals surface area (Å²) in [6.45, 7) is 5.19. The van der Waals surface area contributed by atoms with Crippen LogP contribution in [0.5, 0.6) is 0 Å². The molecule has 7 nitrogen and oxygen atoms in total. The third-order valence-electron chi connectivity index (χ3n) is 7.00. The summed E-state index contributed by atoms with van der Waals surface area (Å²) in [5.41, 5.74) is -2.74. The molecule has 0 amide bonds. The number of sulfonamides is 1. The molecule has 2 fully saturated rings. The number of allylic oxidation sites excluding steroid dienone is 4. The lowest BCUT2D eigenvalue weighted by molar-refractivity contribution is -0.258. The summed E-state index contributed by atoms with van der Waals surface area (Å²) < 4.78 is 79.3. The predicted octanol–water partition coefficient (Wildman–Crippen LogP) is 3.54. The fourth-order valence-electron chi connectivity index (χ4n) is 4.54. The number of piperazine rings is 1. The van der Waals surface area contributed by atoms with Crippen LogP contribution in [0.2, 0.25) is 0 Å². The average Bonchev–Trinajstić information content (AvgIpc) is 2.82. The molecular weight excluding hydrogens is 529 g/mol. The van der Waals surface area contributed by atoms with Crippen molar-refractivity contribution in [2.45, 2.75) is 38.1 Å². The quantitative estimate of drug-likeness (QED) is 0.488. The topological polar surface area (TPSA) is 79.3 Å². The lowest BCUT2D eigenvalue weighted by Gasteiger charge is -2.43. The van der Waals surface area contributed by atoms with Crippen LogP contribution >= 0.6 is 12.2 Å². The van der Waals surface area contributed by atoms with E-state index in [1.165, 1.54) is 34.6 Å². The third-order valence-corrected chi connectivity index (χ3v) is 9.47. The Labute approximate surface area is 220 Å². The molecule has 204 valence electrons. The maximum absolute atomic E-state index is 13.4. The summed E-state index contributed by atoms with van der Waals surface area (Å²) in [6.07, 6.45) is 0.567. The Balaban J connectivity index is 1.55. The van der Waals surface area contributed by atoms with Crippen LogP contribution in [0, 0.1) is 5.41 Å². The van der Waals surface area contributed by atoms with Crippen LogP contribution < -0.4 is 4.90 Å². The second kappa shape index (κ2) is 10.4. The van der Waals surface area contributed by atoms with Crippen LogP contribution in [0.15, 0.2) is 47.4 Å². The summed E-state index contributed by atoms with van der Waals surface area (Å²) in [7, 11) is -3.82. The summed E-state index contributed by atoms with van der Waals surface area (Å²) in [5.74, 6) is 0. The average molecular weight is 561 g/mol. The second-order valence-electron chi connectivity index (χ2n) is 10.2. The molecule has 0 radical (unpaired) electrons. The lowest BCUT2D eigenvalue weighted by Crippen LogP contribution is -2.57. The number of benzene rings is 1. The van der Waals surface area contributed by atoms with Gasteiger partial charge in [0.25, 0.3) is 0 Å². The van der Waals surface area contributed by atoms with Crippen molar-refractivity contribution in [2.75, 3.05) is 51.0 Å². The maximum Gasteiger partial charge on any atom is 0.421 e. The molecule has 2 saturated heterocycles.